The van der Waals surface area contributed by atoms with E-state index in [9.17, 15) is 15.0 Å². The lowest BCUT2D eigenvalue weighted by Gasteiger charge is -2.53. The summed E-state index contributed by atoms with van der Waals surface area (Å²) in [4.78, 5) is 14.3. The molecule has 4 nitrogen and oxygen atoms in total. The first-order chi connectivity index (χ1) is 16.4. The average molecular weight is 474 g/mol. The van der Waals surface area contributed by atoms with Crippen LogP contribution in [0.5, 0.6) is 0 Å². The van der Waals surface area contributed by atoms with Crippen LogP contribution in [0.4, 0.5) is 5.69 Å². The number of rotatable bonds is 2. The average Bonchev–Trinajstić information content (AvgIpc) is 3.07. The van der Waals surface area contributed by atoms with Gasteiger partial charge in [-0.15, -0.1) is 0 Å². The zero-order chi connectivity index (χ0) is 25.2. The van der Waals surface area contributed by atoms with Gasteiger partial charge in [0.15, 0.2) is 5.78 Å². The van der Waals surface area contributed by atoms with Crippen molar-refractivity contribution in [3.05, 3.63) is 52.6 Å². The van der Waals surface area contributed by atoms with Gasteiger partial charge in [-0.25, -0.2) is 0 Å². The van der Waals surface area contributed by atoms with Gasteiger partial charge in [-0.3, -0.25) is 4.79 Å². The van der Waals surface area contributed by atoms with E-state index in [1.165, 1.54) is 28.0 Å². The third-order valence-electron chi connectivity index (χ3n) is 9.27. The van der Waals surface area contributed by atoms with Gasteiger partial charge >= 0.3 is 0 Å². The minimum absolute atomic E-state index is 0.193. The second-order valence-electron chi connectivity index (χ2n) is 12.2. The van der Waals surface area contributed by atoms with Gasteiger partial charge < -0.3 is 15.1 Å². The molecule has 0 spiro atoms. The number of carbonyl (C=O) groups excluding carboxylic acids is 1. The zero-order valence-electron chi connectivity index (χ0n) is 21.8. The van der Waals surface area contributed by atoms with Crippen LogP contribution in [-0.4, -0.2) is 41.3 Å². The van der Waals surface area contributed by atoms with E-state index in [0.717, 1.165) is 32.1 Å². The second-order valence-corrected chi connectivity index (χ2v) is 12.2. The molecule has 2 saturated carbocycles. The van der Waals surface area contributed by atoms with Gasteiger partial charge in [0.05, 0.1) is 0 Å². The monoisotopic (exact) mass is 473 g/mol. The van der Waals surface area contributed by atoms with E-state index in [-0.39, 0.29) is 17.1 Å². The lowest BCUT2D eigenvalue weighted by atomic mass is 9.51. The molecule has 35 heavy (non-hydrogen) atoms. The van der Waals surface area contributed by atoms with Crippen LogP contribution in [0.25, 0.3) is 0 Å². The van der Waals surface area contributed by atoms with E-state index in [0.29, 0.717) is 24.7 Å². The van der Waals surface area contributed by atoms with Crippen LogP contribution in [0.15, 0.2) is 47.1 Å². The number of hydrogen-bond donors (Lipinski definition) is 2. The number of benzene rings is 1. The Morgan fingerprint density at radius 2 is 1.80 bits per heavy atom. The molecule has 2 fully saturated rings. The molecule has 0 aromatic heterocycles. The van der Waals surface area contributed by atoms with E-state index >= 15 is 0 Å². The molecule has 0 heterocycles. The van der Waals surface area contributed by atoms with E-state index in [2.05, 4.69) is 62.0 Å². The minimum Gasteiger partial charge on any atom is -0.378 e. The maximum Gasteiger partial charge on any atom is 0.156 e. The van der Waals surface area contributed by atoms with Gasteiger partial charge in [-0.2, -0.15) is 0 Å². The highest BCUT2D eigenvalue weighted by Crippen LogP contribution is 2.66. The Balaban J connectivity index is 1.65. The molecular weight excluding hydrogens is 434 g/mol. The SMILES string of the molecule is CN(C)c1ccc([C@H]2C[C@@]3(C)[C@@H](CC[C@@]3(O)C#CC(C)(C)O)[C@@H]3CCC4=CC(=O)CCC4=C32)cc1. The number of hydrogen-bond acceptors (Lipinski definition) is 4. The van der Waals surface area contributed by atoms with E-state index in [1.807, 2.05) is 6.08 Å². The Hall–Kier alpha value is -2.35. The van der Waals surface area contributed by atoms with Crippen molar-refractivity contribution in [2.24, 2.45) is 17.3 Å². The standard InChI is InChI=1S/C31H39NO3/c1-29(2,34)16-17-31(35)15-14-27-25-12-8-21-18-23(33)11-13-24(21)28(25)26(19-30(27,31)3)20-6-9-22(10-7-20)32(4)5/h6-7,9-10,18,25-27,34-35H,8,11-15,19H2,1-5H3/t25-,26+,27-,30-,31+/m0/s1. The zero-order valence-corrected chi connectivity index (χ0v) is 21.8. The topological polar surface area (TPSA) is 60.8 Å². The highest BCUT2D eigenvalue weighted by molar-refractivity contribution is 5.93. The third-order valence-corrected chi connectivity index (χ3v) is 9.27. The quantitative estimate of drug-likeness (QED) is 0.583. The normalized spacial score (nSPS) is 34.3. The van der Waals surface area contributed by atoms with E-state index < -0.39 is 11.2 Å². The molecule has 2 N–H and O–H groups in total. The maximum absolute atomic E-state index is 12.2. The first-order valence-corrected chi connectivity index (χ1v) is 13.1. The molecule has 5 rings (SSSR count). The number of carbonyl (C=O) groups is 1. The van der Waals surface area contributed by atoms with Gasteiger partial charge in [0.1, 0.15) is 11.2 Å². The van der Waals surface area contributed by atoms with Gasteiger partial charge in [-0.1, -0.05) is 36.5 Å². The lowest BCUT2D eigenvalue weighted by molar-refractivity contribution is -0.114. The number of ketones is 1. The molecule has 0 aliphatic heterocycles. The smallest absolute Gasteiger partial charge is 0.156 e. The largest absolute Gasteiger partial charge is 0.378 e. The molecule has 4 aliphatic carbocycles. The first kappa shape index (κ1) is 24.3. The van der Waals surface area contributed by atoms with Crippen molar-refractivity contribution in [2.45, 2.75) is 82.8 Å². The van der Waals surface area contributed by atoms with Crippen LogP contribution in [0.2, 0.25) is 0 Å². The van der Waals surface area contributed by atoms with Gasteiger partial charge in [-0.05, 0) is 99.1 Å². The fourth-order valence-electron chi connectivity index (χ4n) is 7.43. The molecule has 0 saturated heterocycles. The van der Waals surface area contributed by atoms with E-state index in [1.54, 1.807) is 13.8 Å². The Morgan fingerprint density at radius 3 is 2.46 bits per heavy atom. The first-order valence-electron chi connectivity index (χ1n) is 13.1. The number of aliphatic hydroxyl groups is 2. The Bertz CT molecular complexity index is 1160. The molecule has 1 aromatic rings. The molecule has 0 amide bonds. The summed E-state index contributed by atoms with van der Waals surface area (Å²) < 4.78 is 0. The fraction of sp³-hybridized carbons (Fsp3) is 0.581. The van der Waals surface area contributed by atoms with E-state index in [4.69, 9.17) is 0 Å². The summed E-state index contributed by atoms with van der Waals surface area (Å²) in [5, 5.41) is 22.3. The molecule has 5 atom stereocenters. The van der Waals surface area contributed by atoms with Crippen molar-refractivity contribution in [2.75, 3.05) is 19.0 Å². The van der Waals surface area contributed by atoms with Crippen LogP contribution >= 0.6 is 0 Å². The van der Waals surface area contributed by atoms with Crippen molar-refractivity contribution < 1.29 is 15.0 Å². The summed E-state index contributed by atoms with van der Waals surface area (Å²) in [6.07, 6.45) is 7.73. The number of anilines is 1. The predicted octanol–water partition coefficient (Wildman–Crippen LogP) is 5.16. The van der Waals surface area contributed by atoms with Crippen LogP contribution in [0, 0.1) is 29.1 Å². The molecule has 0 bridgehead atoms. The van der Waals surface area contributed by atoms with Crippen LogP contribution < -0.4 is 4.90 Å². The summed E-state index contributed by atoms with van der Waals surface area (Å²) in [7, 11) is 4.11. The highest BCUT2D eigenvalue weighted by atomic mass is 16.3. The maximum atomic E-state index is 12.2. The van der Waals surface area contributed by atoms with Crippen LogP contribution in [-0.2, 0) is 4.79 Å². The van der Waals surface area contributed by atoms with Gasteiger partial charge in [0.2, 0.25) is 0 Å². The summed E-state index contributed by atoms with van der Waals surface area (Å²) in [5.74, 6) is 7.31. The van der Waals surface area contributed by atoms with Gasteiger partial charge in [0, 0.05) is 37.5 Å². The lowest BCUT2D eigenvalue weighted by Crippen LogP contribution is -2.51. The van der Waals surface area contributed by atoms with Crippen LogP contribution in [0.1, 0.15) is 77.2 Å². The molecular formula is C31H39NO3. The molecule has 4 heteroatoms. The van der Waals surface area contributed by atoms with Crippen molar-refractivity contribution in [1.82, 2.24) is 0 Å². The van der Waals surface area contributed by atoms with Crippen LogP contribution in [0.3, 0.4) is 0 Å². The molecule has 0 unspecified atom stereocenters. The Kier molecular flexibility index (Phi) is 5.81. The summed E-state index contributed by atoms with van der Waals surface area (Å²) in [6.45, 7) is 5.59. The Morgan fingerprint density at radius 1 is 1.09 bits per heavy atom. The number of nitrogens with zero attached hydrogens (tertiary/aromatic N) is 1. The Labute approximate surface area is 210 Å². The summed E-state index contributed by atoms with van der Waals surface area (Å²) >= 11 is 0. The van der Waals surface area contributed by atoms with Gasteiger partial charge in [0.25, 0.3) is 0 Å². The molecule has 1 aromatic carbocycles. The predicted molar refractivity (Wildman–Crippen MR) is 140 cm³/mol. The number of fused-ring (bicyclic) bond motifs is 4. The molecule has 186 valence electrons. The molecule has 0 radical (unpaired) electrons. The van der Waals surface area contributed by atoms with Crippen molar-refractivity contribution in [1.29, 1.82) is 0 Å². The molecule has 4 aliphatic rings. The number of allylic oxidation sites excluding steroid dienone is 4. The van der Waals surface area contributed by atoms with Crippen molar-refractivity contribution in [3.63, 3.8) is 0 Å². The summed E-state index contributed by atoms with van der Waals surface area (Å²) in [6, 6.07) is 8.86. The summed E-state index contributed by atoms with van der Waals surface area (Å²) in [5.41, 5.74) is 4.03. The second kappa shape index (κ2) is 8.36. The minimum atomic E-state index is -1.13. The fourth-order valence-corrected chi connectivity index (χ4v) is 7.43. The van der Waals surface area contributed by atoms with Crippen molar-refractivity contribution in [3.8, 4) is 11.8 Å². The highest BCUT2D eigenvalue weighted by Gasteiger charge is 2.62. The van der Waals surface area contributed by atoms with Crippen molar-refractivity contribution >= 4 is 11.5 Å². The third kappa shape index (κ3) is 4.07.